The summed E-state index contributed by atoms with van der Waals surface area (Å²) in [5.41, 5.74) is 0.736. The lowest BCUT2D eigenvalue weighted by atomic mass is 10.1. The summed E-state index contributed by atoms with van der Waals surface area (Å²) in [5.74, 6) is 0. The van der Waals surface area contributed by atoms with Gasteiger partial charge in [0.25, 0.3) is 0 Å². The van der Waals surface area contributed by atoms with Gasteiger partial charge in [-0.2, -0.15) is 14.9 Å². The molecule has 2 rings (SSSR count). The highest BCUT2D eigenvalue weighted by atomic mass is 32.1. The van der Waals surface area contributed by atoms with Crippen molar-refractivity contribution in [3.05, 3.63) is 34.5 Å². The van der Waals surface area contributed by atoms with Crippen LogP contribution in [0.2, 0.25) is 0 Å². The number of hydrogen-bond acceptors (Lipinski definition) is 3. The minimum atomic E-state index is -0.341. The van der Waals surface area contributed by atoms with Crippen molar-refractivity contribution in [3.63, 3.8) is 0 Å². The van der Waals surface area contributed by atoms with Crippen molar-refractivity contribution in [2.75, 3.05) is 0 Å². The molecule has 0 radical (unpaired) electrons. The van der Waals surface area contributed by atoms with Gasteiger partial charge in [0.15, 0.2) is 5.13 Å². The van der Waals surface area contributed by atoms with E-state index in [1.54, 1.807) is 6.07 Å². The minimum absolute atomic E-state index is 0.341. The lowest BCUT2D eigenvalue weighted by molar-refractivity contribution is 0.658. The molecule has 4 heteroatoms. The Morgan fingerprint density at radius 1 is 1.14 bits per heavy atom. The number of halogens is 1. The molecule has 0 N–H and O–H groups in total. The van der Waals surface area contributed by atoms with Gasteiger partial charge in [-0.1, -0.05) is 0 Å². The van der Waals surface area contributed by atoms with Crippen molar-refractivity contribution in [2.24, 2.45) is 0 Å². The monoisotopic (exact) mass is 202 g/mol. The van der Waals surface area contributed by atoms with E-state index in [4.69, 9.17) is 10.5 Å². The third kappa shape index (κ3) is 1.22. The number of benzene rings is 1. The maximum atomic E-state index is 12.9. The van der Waals surface area contributed by atoms with Gasteiger partial charge >= 0.3 is 0 Å². The molecule has 14 heavy (non-hydrogen) atoms. The fraction of sp³-hybridized carbons (Fsp3) is 0. The highest BCUT2D eigenvalue weighted by Gasteiger charge is 2.07. The molecule has 0 bridgehead atoms. The molecule has 0 aliphatic rings. The summed E-state index contributed by atoms with van der Waals surface area (Å²) in [6, 6.07) is 8.27. The van der Waals surface area contributed by atoms with Crippen molar-refractivity contribution in [2.45, 2.75) is 0 Å². The molecule has 1 heterocycles. The van der Waals surface area contributed by atoms with Crippen LogP contribution in [-0.2, 0) is 0 Å². The number of thiophene rings is 1. The molecule has 0 unspecified atom stereocenters. The van der Waals surface area contributed by atoms with E-state index in [0.717, 1.165) is 11.3 Å². The van der Waals surface area contributed by atoms with Gasteiger partial charge in [-0.3, -0.25) is 0 Å². The Bertz CT molecular complexity index is 586. The fourth-order valence-electron chi connectivity index (χ4n) is 1.27. The van der Waals surface area contributed by atoms with Gasteiger partial charge in [0.1, 0.15) is 6.07 Å². The van der Waals surface area contributed by atoms with Crippen LogP contribution in [0.5, 0.6) is 0 Å². The smallest absolute Gasteiger partial charge is 0.177 e. The summed E-state index contributed by atoms with van der Waals surface area (Å²) in [6.45, 7) is 0. The van der Waals surface area contributed by atoms with E-state index < -0.39 is 0 Å². The van der Waals surface area contributed by atoms with Gasteiger partial charge < -0.3 is 0 Å². The fourth-order valence-corrected chi connectivity index (χ4v) is 2.10. The molecule has 2 aromatic rings. The molecule has 2 nitrogen and oxygen atoms in total. The maximum Gasteiger partial charge on any atom is 0.177 e. The van der Waals surface area contributed by atoms with Gasteiger partial charge in [-0.05, 0) is 23.6 Å². The van der Waals surface area contributed by atoms with Crippen molar-refractivity contribution < 1.29 is 4.39 Å². The summed E-state index contributed by atoms with van der Waals surface area (Å²) in [4.78, 5) is 0. The van der Waals surface area contributed by atoms with E-state index >= 15 is 0 Å². The highest BCUT2D eigenvalue weighted by Crippen LogP contribution is 2.28. The predicted octanol–water partition coefficient (Wildman–Crippen LogP) is 2.78. The third-order valence-corrected chi connectivity index (χ3v) is 2.81. The summed E-state index contributed by atoms with van der Waals surface area (Å²) < 4.78 is 13.5. The molecule has 0 aliphatic carbocycles. The molecule has 0 aliphatic heterocycles. The molecule has 0 saturated carbocycles. The quantitative estimate of drug-likeness (QED) is 0.659. The third-order valence-electron chi connectivity index (χ3n) is 1.84. The zero-order valence-corrected chi connectivity index (χ0v) is 7.73. The molecular formula is C10H3FN2S. The summed E-state index contributed by atoms with van der Waals surface area (Å²) in [5, 5.41) is 17.7. The van der Waals surface area contributed by atoms with Crippen LogP contribution in [0.4, 0.5) is 4.39 Å². The van der Waals surface area contributed by atoms with Crippen molar-refractivity contribution in [1.29, 1.82) is 10.5 Å². The average Bonchev–Trinajstić information content (AvgIpc) is 2.56. The number of fused-ring (bicyclic) bond motifs is 1. The summed E-state index contributed by atoms with van der Waals surface area (Å²) >= 11 is 0.924. The van der Waals surface area contributed by atoms with Crippen LogP contribution in [0.15, 0.2) is 18.2 Å². The Morgan fingerprint density at radius 2 is 1.93 bits per heavy atom. The van der Waals surface area contributed by atoms with E-state index in [2.05, 4.69) is 0 Å². The Morgan fingerprint density at radius 3 is 2.57 bits per heavy atom. The second-order valence-corrected chi connectivity index (χ2v) is 3.72. The van der Waals surface area contributed by atoms with Crippen molar-refractivity contribution in [3.8, 4) is 12.1 Å². The van der Waals surface area contributed by atoms with E-state index in [0.29, 0.717) is 21.2 Å². The number of hydrogen-bond donors (Lipinski definition) is 0. The largest absolute Gasteiger partial charge is 0.195 e. The Labute approximate surface area is 83.4 Å². The molecule has 0 spiro atoms. The van der Waals surface area contributed by atoms with E-state index in [9.17, 15) is 4.39 Å². The normalized spacial score (nSPS) is 9.64. The van der Waals surface area contributed by atoms with Crippen LogP contribution >= 0.6 is 11.3 Å². The molecule has 0 fully saturated rings. The topological polar surface area (TPSA) is 47.6 Å². The van der Waals surface area contributed by atoms with E-state index in [1.807, 2.05) is 12.1 Å². The molecular weight excluding hydrogens is 199 g/mol. The Balaban J connectivity index is 2.89. The molecule has 1 aromatic carbocycles. The van der Waals surface area contributed by atoms with Crippen LogP contribution < -0.4 is 0 Å². The zero-order chi connectivity index (χ0) is 10.1. The molecule has 66 valence electrons. The van der Waals surface area contributed by atoms with Crippen molar-refractivity contribution >= 4 is 21.4 Å². The number of nitrogens with zero attached hydrogens (tertiary/aromatic N) is 2. The molecule has 0 amide bonds. The van der Waals surface area contributed by atoms with E-state index in [-0.39, 0.29) is 5.13 Å². The van der Waals surface area contributed by atoms with Gasteiger partial charge in [-0.25, -0.2) is 0 Å². The van der Waals surface area contributed by atoms with E-state index in [1.165, 1.54) is 12.1 Å². The lowest BCUT2D eigenvalue weighted by Crippen LogP contribution is -1.78. The molecule has 0 saturated heterocycles. The molecule has 0 atom stereocenters. The SMILES string of the molecule is N#Cc1cc(C#N)c2sc(F)cc2c1. The van der Waals surface area contributed by atoms with Crippen LogP contribution in [0, 0.1) is 27.8 Å². The van der Waals surface area contributed by atoms with Crippen LogP contribution in [0.3, 0.4) is 0 Å². The standard InChI is InChI=1S/C10H3FN2S/c11-9-3-7-1-6(4-12)2-8(5-13)10(7)14-9/h1-3H. The highest BCUT2D eigenvalue weighted by molar-refractivity contribution is 7.17. The summed E-state index contributed by atoms with van der Waals surface area (Å²) in [7, 11) is 0. The first kappa shape index (κ1) is 8.68. The average molecular weight is 202 g/mol. The van der Waals surface area contributed by atoms with Gasteiger partial charge in [0, 0.05) is 0 Å². The van der Waals surface area contributed by atoms with Crippen LogP contribution in [-0.4, -0.2) is 0 Å². The van der Waals surface area contributed by atoms with Crippen LogP contribution in [0.25, 0.3) is 10.1 Å². The Hall–Kier alpha value is -1.91. The second-order valence-electron chi connectivity index (χ2n) is 2.72. The number of nitriles is 2. The molecule has 1 aromatic heterocycles. The van der Waals surface area contributed by atoms with Crippen LogP contribution in [0.1, 0.15) is 11.1 Å². The minimum Gasteiger partial charge on any atom is -0.195 e. The van der Waals surface area contributed by atoms with Crippen molar-refractivity contribution in [1.82, 2.24) is 0 Å². The van der Waals surface area contributed by atoms with Gasteiger partial charge in [0.2, 0.25) is 0 Å². The number of rotatable bonds is 0. The first-order valence-electron chi connectivity index (χ1n) is 3.78. The summed E-state index contributed by atoms with van der Waals surface area (Å²) in [6.07, 6.45) is 0. The zero-order valence-electron chi connectivity index (χ0n) is 6.91. The second kappa shape index (κ2) is 3.10. The first-order chi connectivity index (χ1) is 6.74. The van der Waals surface area contributed by atoms with Gasteiger partial charge in [0.05, 0.1) is 21.9 Å². The lowest BCUT2D eigenvalue weighted by Gasteiger charge is -1.93. The van der Waals surface area contributed by atoms with Gasteiger partial charge in [-0.15, -0.1) is 11.3 Å². The Kier molecular flexibility index (Phi) is 1.92. The first-order valence-corrected chi connectivity index (χ1v) is 4.59. The maximum absolute atomic E-state index is 12.9. The predicted molar refractivity (Wildman–Crippen MR) is 51.2 cm³/mol.